The predicted octanol–water partition coefficient (Wildman–Crippen LogP) is 4.15. The van der Waals surface area contributed by atoms with E-state index in [2.05, 4.69) is 4.98 Å². The van der Waals surface area contributed by atoms with Gasteiger partial charge in [-0.15, -0.1) is 11.6 Å². The molecule has 1 aromatic heterocycles. The Kier molecular flexibility index (Phi) is 3.25. The van der Waals surface area contributed by atoms with Crippen molar-refractivity contribution in [3.63, 3.8) is 0 Å². The van der Waals surface area contributed by atoms with Gasteiger partial charge >= 0.3 is 0 Å². The van der Waals surface area contributed by atoms with E-state index in [0.29, 0.717) is 11.8 Å². The highest BCUT2D eigenvalue weighted by molar-refractivity contribution is 6.17. The van der Waals surface area contributed by atoms with Gasteiger partial charge in [0.1, 0.15) is 5.60 Å². The van der Waals surface area contributed by atoms with Gasteiger partial charge in [0.15, 0.2) is 0 Å². The number of aromatic nitrogens is 1. The molecule has 0 fully saturated rings. The Morgan fingerprint density at radius 1 is 1.24 bits per heavy atom. The molecule has 0 N–H and O–H groups in total. The molecule has 0 aliphatic rings. The van der Waals surface area contributed by atoms with Crippen LogP contribution in [-0.2, 0) is 5.88 Å². The van der Waals surface area contributed by atoms with E-state index < -0.39 is 0 Å². The normalized spacial score (nSPS) is 11.8. The number of nitrogens with zero attached hydrogens (tertiary/aromatic N) is 1. The van der Waals surface area contributed by atoms with Crippen LogP contribution < -0.4 is 4.74 Å². The fourth-order valence-corrected chi connectivity index (χ4v) is 1.79. The minimum Gasteiger partial charge on any atom is -0.471 e. The Bertz CT molecular complexity index is 531. The Morgan fingerprint density at radius 3 is 2.59 bits per heavy atom. The summed E-state index contributed by atoms with van der Waals surface area (Å²) >= 11 is 5.85. The molecule has 0 radical (unpaired) electrons. The van der Waals surface area contributed by atoms with E-state index in [-0.39, 0.29) is 5.60 Å². The first-order valence-corrected chi connectivity index (χ1v) is 6.17. The van der Waals surface area contributed by atoms with Crippen LogP contribution in [-0.4, -0.2) is 10.6 Å². The van der Waals surface area contributed by atoms with E-state index in [9.17, 15) is 0 Å². The third-order valence-corrected chi connectivity index (χ3v) is 2.57. The molecular weight excluding hydrogens is 234 g/mol. The first-order valence-electron chi connectivity index (χ1n) is 5.63. The van der Waals surface area contributed by atoms with Crippen LogP contribution in [0.4, 0.5) is 0 Å². The highest BCUT2D eigenvalue weighted by Gasteiger charge is 2.15. The Labute approximate surface area is 107 Å². The molecule has 2 nitrogen and oxygen atoms in total. The molecule has 0 spiro atoms. The highest BCUT2D eigenvalue weighted by Crippen LogP contribution is 2.27. The zero-order valence-electron chi connectivity index (χ0n) is 10.3. The van der Waals surface area contributed by atoms with Crippen molar-refractivity contribution < 1.29 is 4.74 Å². The minimum atomic E-state index is -0.263. The van der Waals surface area contributed by atoms with Crippen LogP contribution in [0.15, 0.2) is 30.3 Å². The number of hydrogen-bond acceptors (Lipinski definition) is 2. The van der Waals surface area contributed by atoms with E-state index in [4.69, 9.17) is 16.3 Å². The van der Waals surface area contributed by atoms with Gasteiger partial charge in [0, 0.05) is 5.39 Å². The molecule has 2 rings (SSSR count). The predicted molar refractivity (Wildman–Crippen MR) is 71.7 cm³/mol. The molecule has 0 amide bonds. The number of fused-ring (bicyclic) bond motifs is 1. The maximum absolute atomic E-state index is 5.89. The number of pyridine rings is 1. The number of halogens is 1. The van der Waals surface area contributed by atoms with Crippen LogP contribution in [0.1, 0.15) is 26.5 Å². The maximum Gasteiger partial charge on any atom is 0.222 e. The van der Waals surface area contributed by atoms with Crippen molar-refractivity contribution >= 4 is 22.4 Å². The first-order chi connectivity index (χ1) is 7.99. The second-order valence-electron chi connectivity index (χ2n) is 4.99. The molecule has 0 aliphatic carbocycles. The zero-order chi connectivity index (χ0) is 12.5. The Balaban J connectivity index is 2.58. The van der Waals surface area contributed by atoms with Crippen molar-refractivity contribution in [2.75, 3.05) is 0 Å². The molecule has 0 saturated carbocycles. The first kappa shape index (κ1) is 12.2. The quantitative estimate of drug-likeness (QED) is 0.746. The molecule has 0 unspecified atom stereocenters. The topological polar surface area (TPSA) is 22.1 Å². The van der Waals surface area contributed by atoms with Gasteiger partial charge in [0.25, 0.3) is 0 Å². The van der Waals surface area contributed by atoms with Gasteiger partial charge in [0.2, 0.25) is 5.88 Å². The van der Waals surface area contributed by atoms with E-state index in [1.54, 1.807) is 0 Å². The average Bonchev–Trinajstić information content (AvgIpc) is 2.26. The fraction of sp³-hybridized carbons (Fsp3) is 0.357. The summed E-state index contributed by atoms with van der Waals surface area (Å²) in [6.07, 6.45) is 0. The third-order valence-electron chi connectivity index (χ3n) is 2.30. The largest absolute Gasteiger partial charge is 0.471 e. The van der Waals surface area contributed by atoms with Crippen molar-refractivity contribution in [2.24, 2.45) is 0 Å². The smallest absolute Gasteiger partial charge is 0.222 e. The molecule has 90 valence electrons. The molecule has 2 aromatic rings. The Morgan fingerprint density at radius 2 is 1.94 bits per heavy atom. The van der Waals surface area contributed by atoms with Crippen molar-refractivity contribution in [2.45, 2.75) is 32.3 Å². The van der Waals surface area contributed by atoms with Gasteiger partial charge < -0.3 is 4.74 Å². The zero-order valence-corrected chi connectivity index (χ0v) is 11.1. The summed E-state index contributed by atoms with van der Waals surface area (Å²) in [5.74, 6) is 1.05. The Hall–Kier alpha value is -1.28. The third kappa shape index (κ3) is 2.89. The molecular formula is C14H16ClNO. The van der Waals surface area contributed by atoms with Gasteiger partial charge in [-0.2, -0.15) is 0 Å². The van der Waals surface area contributed by atoms with Crippen LogP contribution in [0.5, 0.6) is 5.88 Å². The SMILES string of the molecule is CC(C)(C)Oc1nc(CCl)cc2ccccc12. The second kappa shape index (κ2) is 4.53. The number of benzene rings is 1. The summed E-state index contributed by atoms with van der Waals surface area (Å²) < 4.78 is 5.89. The molecule has 3 heteroatoms. The molecule has 1 aromatic carbocycles. The van der Waals surface area contributed by atoms with Crippen molar-refractivity contribution in [3.05, 3.63) is 36.0 Å². The van der Waals surface area contributed by atoms with Crippen molar-refractivity contribution in [1.82, 2.24) is 4.98 Å². The average molecular weight is 250 g/mol. The summed E-state index contributed by atoms with van der Waals surface area (Å²) in [4.78, 5) is 4.45. The van der Waals surface area contributed by atoms with Gasteiger partial charge in [-0.1, -0.05) is 18.2 Å². The summed E-state index contributed by atoms with van der Waals surface area (Å²) in [5.41, 5.74) is 0.574. The van der Waals surface area contributed by atoms with Crippen LogP contribution in [0.3, 0.4) is 0 Å². The highest BCUT2D eigenvalue weighted by atomic mass is 35.5. The van der Waals surface area contributed by atoms with E-state index in [1.165, 1.54) is 0 Å². The van der Waals surface area contributed by atoms with E-state index in [1.807, 2.05) is 51.1 Å². The van der Waals surface area contributed by atoms with Gasteiger partial charge in [-0.3, -0.25) is 0 Å². The molecule has 0 aliphatic heterocycles. The van der Waals surface area contributed by atoms with E-state index in [0.717, 1.165) is 16.5 Å². The van der Waals surface area contributed by atoms with Crippen LogP contribution in [0.25, 0.3) is 10.8 Å². The number of hydrogen-bond donors (Lipinski definition) is 0. The molecule has 1 heterocycles. The summed E-state index contributed by atoms with van der Waals surface area (Å²) in [6, 6.07) is 10.0. The lowest BCUT2D eigenvalue weighted by atomic mass is 10.1. The lowest BCUT2D eigenvalue weighted by Gasteiger charge is -2.21. The van der Waals surface area contributed by atoms with Gasteiger partial charge in [-0.25, -0.2) is 4.98 Å². The fourth-order valence-electron chi connectivity index (χ4n) is 1.66. The summed E-state index contributed by atoms with van der Waals surface area (Å²) in [6.45, 7) is 6.03. The standard InChI is InChI=1S/C14H16ClNO/c1-14(2,3)17-13-12-7-5-4-6-10(12)8-11(9-15)16-13/h4-8H,9H2,1-3H3. The lowest BCUT2D eigenvalue weighted by molar-refractivity contribution is 0.126. The summed E-state index contributed by atoms with van der Waals surface area (Å²) in [5, 5.41) is 2.13. The van der Waals surface area contributed by atoms with Crippen LogP contribution in [0.2, 0.25) is 0 Å². The minimum absolute atomic E-state index is 0.263. The molecule has 0 bridgehead atoms. The lowest BCUT2D eigenvalue weighted by Crippen LogP contribution is -2.23. The molecule has 17 heavy (non-hydrogen) atoms. The number of ether oxygens (including phenoxy) is 1. The van der Waals surface area contributed by atoms with Crippen molar-refractivity contribution in [1.29, 1.82) is 0 Å². The molecule has 0 atom stereocenters. The monoisotopic (exact) mass is 249 g/mol. The second-order valence-corrected chi connectivity index (χ2v) is 5.26. The van der Waals surface area contributed by atoms with Gasteiger partial charge in [0.05, 0.1) is 11.6 Å². The molecule has 0 saturated heterocycles. The van der Waals surface area contributed by atoms with Crippen LogP contribution in [0, 0.1) is 0 Å². The summed E-state index contributed by atoms with van der Waals surface area (Å²) in [7, 11) is 0. The van der Waals surface area contributed by atoms with Gasteiger partial charge in [-0.05, 0) is 38.3 Å². The van der Waals surface area contributed by atoms with E-state index >= 15 is 0 Å². The number of rotatable bonds is 2. The van der Waals surface area contributed by atoms with Crippen molar-refractivity contribution in [3.8, 4) is 5.88 Å². The van der Waals surface area contributed by atoms with Crippen LogP contribution >= 0.6 is 11.6 Å². The maximum atomic E-state index is 5.89. The number of alkyl halides is 1.